The predicted octanol–water partition coefficient (Wildman–Crippen LogP) is 5.10. The summed E-state index contributed by atoms with van der Waals surface area (Å²) in [6.07, 6.45) is 6.40. The van der Waals surface area contributed by atoms with Crippen molar-refractivity contribution >= 4 is 11.6 Å². The molecule has 2 nitrogen and oxygen atoms in total. The number of hydrogen-bond acceptors (Lipinski definition) is 2. The van der Waals surface area contributed by atoms with E-state index >= 15 is 0 Å². The lowest BCUT2D eigenvalue weighted by Crippen LogP contribution is -2.12. The van der Waals surface area contributed by atoms with Crippen molar-refractivity contribution in [3.05, 3.63) is 28.8 Å². The van der Waals surface area contributed by atoms with Crippen molar-refractivity contribution in [2.24, 2.45) is 5.73 Å². The third-order valence-electron chi connectivity index (χ3n) is 3.26. The molecule has 0 aliphatic rings. The molecule has 0 saturated carbocycles. The molecular formula is C16H26ClNO. The summed E-state index contributed by atoms with van der Waals surface area (Å²) in [6.45, 7) is 6.26. The zero-order chi connectivity index (χ0) is 14.3. The van der Waals surface area contributed by atoms with Gasteiger partial charge in [-0.1, -0.05) is 43.9 Å². The molecule has 3 heteroatoms. The summed E-state index contributed by atoms with van der Waals surface area (Å²) in [5.74, 6) is 0.831. The number of halogens is 1. The number of ether oxygens (including phenoxy) is 1. The van der Waals surface area contributed by atoms with Gasteiger partial charge in [-0.3, -0.25) is 0 Å². The molecule has 0 aromatic heterocycles. The molecule has 0 fully saturated rings. The zero-order valence-electron chi connectivity index (χ0n) is 12.3. The number of benzene rings is 1. The minimum atomic E-state index is -0.0481. The third kappa shape index (κ3) is 5.84. The minimum Gasteiger partial charge on any atom is -0.491 e. The van der Waals surface area contributed by atoms with Crippen LogP contribution in [-0.4, -0.2) is 6.10 Å². The van der Waals surface area contributed by atoms with Crippen molar-refractivity contribution in [3.63, 3.8) is 0 Å². The van der Waals surface area contributed by atoms with Gasteiger partial charge in [-0.05, 0) is 44.4 Å². The Kier molecular flexibility index (Phi) is 7.25. The Bertz CT molecular complexity index is 379. The fourth-order valence-corrected chi connectivity index (χ4v) is 2.44. The maximum Gasteiger partial charge on any atom is 0.121 e. The van der Waals surface area contributed by atoms with Gasteiger partial charge in [0.2, 0.25) is 0 Å². The second-order valence-electron chi connectivity index (χ2n) is 5.25. The molecule has 0 heterocycles. The van der Waals surface area contributed by atoms with Crippen molar-refractivity contribution in [1.29, 1.82) is 0 Å². The van der Waals surface area contributed by atoms with E-state index in [1.807, 2.05) is 25.1 Å². The molecule has 1 aromatic carbocycles. The van der Waals surface area contributed by atoms with E-state index in [2.05, 4.69) is 13.8 Å². The Labute approximate surface area is 122 Å². The summed E-state index contributed by atoms with van der Waals surface area (Å²) < 4.78 is 5.88. The number of nitrogens with two attached hydrogens (primary N) is 1. The topological polar surface area (TPSA) is 35.2 Å². The van der Waals surface area contributed by atoms with Gasteiger partial charge in [-0.2, -0.15) is 0 Å². The van der Waals surface area contributed by atoms with Crippen molar-refractivity contribution < 1.29 is 4.74 Å². The third-order valence-corrected chi connectivity index (χ3v) is 3.59. The van der Waals surface area contributed by atoms with Gasteiger partial charge >= 0.3 is 0 Å². The normalized spacial score (nSPS) is 14.2. The summed E-state index contributed by atoms with van der Waals surface area (Å²) in [4.78, 5) is 0. The van der Waals surface area contributed by atoms with Crippen LogP contribution < -0.4 is 10.5 Å². The molecule has 0 amide bonds. The van der Waals surface area contributed by atoms with E-state index in [9.17, 15) is 0 Å². The molecule has 2 N–H and O–H groups in total. The highest BCUT2D eigenvalue weighted by molar-refractivity contribution is 6.31. The molecule has 0 bridgehead atoms. The van der Waals surface area contributed by atoms with Gasteiger partial charge in [-0.25, -0.2) is 0 Å². The fourth-order valence-electron chi connectivity index (χ4n) is 2.10. The fraction of sp³-hybridized carbons (Fsp3) is 0.625. The quantitative estimate of drug-likeness (QED) is 0.674. The van der Waals surface area contributed by atoms with Crippen LogP contribution in [0.3, 0.4) is 0 Å². The largest absolute Gasteiger partial charge is 0.491 e. The molecule has 0 spiro atoms. The molecule has 0 radical (unpaired) electrons. The molecular weight excluding hydrogens is 258 g/mol. The van der Waals surface area contributed by atoms with E-state index in [1.54, 1.807) is 0 Å². The van der Waals surface area contributed by atoms with Crippen LogP contribution in [0.15, 0.2) is 18.2 Å². The van der Waals surface area contributed by atoms with Crippen LogP contribution in [0.5, 0.6) is 5.75 Å². The number of hydrogen-bond donors (Lipinski definition) is 1. The van der Waals surface area contributed by atoms with Crippen LogP contribution in [-0.2, 0) is 0 Å². The molecule has 0 aliphatic heterocycles. The van der Waals surface area contributed by atoms with Crippen LogP contribution in [0, 0.1) is 0 Å². The highest BCUT2D eigenvalue weighted by Gasteiger charge is 2.09. The van der Waals surface area contributed by atoms with E-state index in [1.165, 1.54) is 25.7 Å². The average Bonchev–Trinajstić information content (AvgIpc) is 2.34. The Morgan fingerprint density at radius 3 is 2.53 bits per heavy atom. The predicted molar refractivity (Wildman–Crippen MR) is 82.9 cm³/mol. The first-order chi connectivity index (χ1) is 9.04. The highest BCUT2D eigenvalue weighted by Crippen LogP contribution is 2.27. The van der Waals surface area contributed by atoms with E-state index in [0.29, 0.717) is 5.02 Å². The van der Waals surface area contributed by atoms with Gasteiger partial charge in [-0.15, -0.1) is 0 Å². The maximum absolute atomic E-state index is 6.19. The van der Waals surface area contributed by atoms with E-state index in [4.69, 9.17) is 22.1 Å². The van der Waals surface area contributed by atoms with Crippen molar-refractivity contribution in [3.8, 4) is 5.75 Å². The summed E-state index contributed by atoms with van der Waals surface area (Å²) in [6, 6.07) is 5.72. The van der Waals surface area contributed by atoms with Gasteiger partial charge in [0, 0.05) is 11.1 Å². The van der Waals surface area contributed by atoms with Crippen LogP contribution >= 0.6 is 11.6 Å². The standard InChI is InChI=1S/C16H26ClNO/c1-4-5-6-7-8-12(2)19-14-9-10-15(13(3)18)16(17)11-14/h9-13H,4-8,18H2,1-3H3. The van der Waals surface area contributed by atoms with Crippen LogP contribution in [0.25, 0.3) is 0 Å². The second-order valence-corrected chi connectivity index (χ2v) is 5.66. The monoisotopic (exact) mass is 283 g/mol. The summed E-state index contributed by atoms with van der Waals surface area (Å²) in [5.41, 5.74) is 6.80. The van der Waals surface area contributed by atoms with E-state index in [-0.39, 0.29) is 12.1 Å². The highest BCUT2D eigenvalue weighted by atomic mass is 35.5. The SMILES string of the molecule is CCCCCCC(C)Oc1ccc(C(C)N)c(Cl)c1. The molecule has 2 atom stereocenters. The Morgan fingerprint density at radius 1 is 1.21 bits per heavy atom. The average molecular weight is 284 g/mol. The molecule has 1 rings (SSSR count). The molecule has 108 valence electrons. The van der Waals surface area contributed by atoms with Gasteiger partial charge in [0.15, 0.2) is 0 Å². The second kappa shape index (κ2) is 8.44. The van der Waals surface area contributed by atoms with Crippen LogP contribution in [0.4, 0.5) is 0 Å². The lowest BCUT2D eigenvalue weighted by molar-refractivity contribution is 0.206. The first-order valence-electron chi connectivity index (χ1n) is 7.26. The van der Waals surface area contributed by atoms with Crippen LogP contribution in [0.2, 0.25) is 5.02 Å². The Morgan fingerprint density at radius 2 is 1.95 bits per heavy atom. The summed E-state index contributed by atoms with van der Waals surface area (Å²) >= 11 is 6.19. The lowest BCUT2D eigenvalue weighted by Gasteiger charge is -2.16. The van der Waals surface area contributed by atoms with Crippen molar-refractivity contribution in [1.82, 2.24) is 0 Å². The molecule has 2 unspecified atom stereocenters. The lowest BCUT2D eigenvalue weighted by atomic mass is 10.1. The summed E-state index contributed by atoms with van der Waals surface area (Å²) in [5, 5.41) is 0.686. The Hall–Kier alpha value is -0.730. The smallest absolute Gasteiger partial charge is 0.121 e. The molecule has 19 heavy (non-hydrogen) atoms. The van der Waals surface area contributed by atoms with Gasteiger partial charge < -0.3 is 10.5 Å². The Balaban J connectivity index is 2.46. The van der Waals surface area contributed by atoms with Gasteiger partial charge in [0.1, 0.15) is 5.75 Å². The van der Waals surface area contributed by atoms with E-state index < -0.39 is 0 Å². The zero-order valence-corrected chi connectivity index (χ0v) is 13.0. The van der Waals surface area contributed by atoms with E-state index in [0.717, 1.165) is 17.7 Å². The van der Waals surface area contributed by atoms with Crippen molar-refractivity contribution in [2.75, 3.05) is 0 Å². The van der Waals surface area contributed by atoms with Crippen LogP contribution in [0.1, 0.15) is 64.5 Å². The first kappa shape index (κ1) is 16.3. The number of unbranched alkanes of at least 4 members (excludes halogenated alkanes) is 3. The maximum atomic E-state index is 6.19. The molecule has 0 saturated heterocycles. The number of rotatable bonds is 8. The molecule has 1 aromatic rings. The van der Waals surface area contributed by atoms with Crippen molar-refractivity contribution in [2.45, 2.75) is 65.0 Å². The summed E-state index contributed by atoms with van der Waals surface area (Å²) in [7, 11) is 0. The molecule has 0 aliphatic carbocycles. The van der Waals surface area contributed by atoms with Gasteiger partial charge in [0.25, 0.3) is 0 Å². The minimum absolute atomic E-state index is 0.0481. The first-order valence-corrected chi connectivity index (χ1v) is 7.64. The van der Waals surface area contributed by atoms with Gasteiger partial charge in [0.05, 0.1) is 6.10 Å².